The summed E-state index contributed by atoms with van der Waals surface area (Å²) in [5.41, 5.74) is 19.3. The number of hydrogen-bond acceptors (Lipinski definition) is 4. The lowest BCUT2D eigenvalue weighted by Crippen LogP contribution is -2.40. The van der Waals surface area contributed by atoms with Crippen LogP contribution in [-0.4, -0.2) is 0 Å². The molecule has 2 aliphatic rings. The fourth-order valence-electron chi connectivity index (χ4n) is 12.4. The van der Waals surface area contributed by atoms with E-state index in [0.29, 0.717) is 0 Å². The van der Waals surface area contributed by atoms with Crippen LogP contribution in [0.2, 0.25) is 0 Å². The molecule has 0 N–H and O–H groups in total. The Labute approximate surface area is 417 Å². The zero-order chi connectivity index (χ0) is 46.9. The number of anilines is 6. The highest BCUT2D eigenvalue weighted by molar-refractivity contribution is 7.26. The number of rotatable bonds is 6. The van der Waals surface area contributed by atoms with Gasteiger partial charge in [0.1, 0.15) is 0 Å². The maximum Gasteiger partial charge on any atom is 0.0719 e. The molecule has 0 atom stereocenters. The lowest BCUT2D eigenvalue weighted by molar-refractivity contribution is 0.563. The van der Waals surface area contributed by atoms with Crippen molar-refractivity contribution in [2.24, 2.45) is 0 Å². The zero-order valence-electron chi connectivity index (χ0n) is 39.5. The summed E-state index contributed by atoms with van der Waals surface area (Å²) in [6.07, 6.45) is 0. The van der Waals surface area contributed by atoms with Crippen LogP contribution in [0.3, 0.4) is 0 Å². The Morgan fingerprint density at radius 1 is 0.329 bits per heavy atom. The van der Waals surface area contributed by atoms with Crippen molar-refractivity contribution < 1.29 is 0 Å². The van der Waals surface area contributed by atoms with Gasteiger partial charge in [0.25, 0.3) is 0 Å². The van der Waals surface area contributed by atoms with Crippen molar-refractivity contribution in [1.29, 1.82) is 0 Å². The lowest BCUT2D eigenvalue weighted by atomic mass is 9.55. The molecule has 12 aromatic rings. The third-order valence-electron chi connectivity index (χ3n) is 15.6. The van der Waals surface area contributed by atoms with Crippen molar-refractivity contribution in [2.45, 2.75) is 38.5 Å². The molecular weight excluding hydrogens is 885 g/mol. The summed E-state index contributed by atoms with van der Waals surface area (Å²) in [5, 5.41) is 5.17. The maximum atomic E-state index is 2.52. The number of para-hydroxylation sites is 2. The minimum atomic E-state index is -0.553. The SMILES string of the molecule is Cc1ccccc1N(c1ccc2c(c1)-c1cc(N(c3ccccc3C)c3cccc4c3sc3ccccc34)ccc1C21c2ccccc2C(C)(C)c2ccccc21)c1cccc2c1sc1ccccc12. The van der Waals surface area contributed by atoms with E-state index in [1.807, 2.05) is 22.7 Å². The Morgan fingerprint density at radius 3 is 1.16 bits per heavy atom. The Hall–Kier alpha value is -7.76. The molecule has 0 amide bonds. The molecule has 14 rings (SSSR count). The van der Waals surface area contributed by atoms with Gasteiger partial charge in [-0.1, -0.05) is 172 Å². The second kappa shape index (κ2) is 15.4. The summed E-state index contributed by atoms with van der Waals surface area (Å²) in [7, 11) is 0. The van der Waals surface area contributed by atoms with Crippen LogP contribution in [0.4, 0.5) is 34.1 Å². The first-order chi connectivity index (χ1) is 34.3. The first kappa shape index (κ1) is 41.2. The molecule has 0 fully saturated rings. The first-order valence-electron chi connectivity index (χ1n) is 24.3. The summed E-state index contributed by atoms with van der Waals surface area (Å²) in [5.74, 6) is 0. The highest BCUT2D eigenvalue weighted by Gasteiger charge is 2.53. The summed E-state index contributed by atoms with van der Waals surface area (Å²) >= 11 is 3.77. The fraction of sp³-hybridized carbons (Fsp3) is 0.0909. The molecule has 0 saturated carbocycles. The molecule has 2 aliphatic carbocycles. The van der Waals surface area contributed by atoms with Crippen molar-refractivity contribution in [2.75, 3.05) is 9.80 Å². The third kappa shape index (κ3) is 5.72. The molecule has 0 radical (unpaired) electrons. The number of fused-ring (bicyclic) bond motifs is 15. The topological polar surface area (TPSA) is 6.48 Å². The number of thiophene rings is 2. The molecule has 2 aromatic heterocycles. The van der Waals surface area contributed by atoms with E-state index in [2.05, 4.69) is 256 Å². The zero-order valence-corrected chi connectivity index (χ0v) is 41.1. The van der Waals surface area contributed by atoms with Gasteiger partial charge in [-0.25, -0.2) is 0 Å². The molecule has 10 aromatic carbocycles. The highest BCUT2D eigenvalue weighted by Crippen LogP contribution is 2.64. The highest BCUT2D eigenvalue weighted by atomic mass is 32.1. The van der Waals surface area contributed by atoms with Gasteiger partial charge in [0.15, 0.2) is 0 Å². The molecule has 0 bridgehead atoms. The first-order valence-corrected chi connectivity index (χ1v) is 26.0. The molecule has 0 aliphatic heterocycles. The van der Waals surface area contributed by atoms with Crippen LogP contribution in [0.25, 0.3) is 51.5 Å². The monoisotopic (exact) mass is 932 g/mol. The van der Waals surface area contributed by atoms with Crippen molar-refractivity contribution >= 4 is 97.1 Å². The lowest BCUT2D eigenvalue weighted by Gasteiger charge is -2.46. The average molecular weight is 933 g/mol. The molecule has 0 saturated heterocycles. The average Bonchev–Trinajstić information content (AvgIpc) is 4.06. The summed E-state index contributed by atoms with van der Waals surface area (Å²) in [4.78, 5) is 5.05. The van der Waals surface area contributed by atoms with Crippen LogP contribution in [0.15, 0.2) is 218 Å². The van der Waals surface area contributed by atoms with E-state index in [-0.39, 0.29) is 5.41 Å². The minimum absolute atomic E-state index is 0.198. The second-order valence-corrected chi connectivity index (χ2v) is 21.8. The smallest absolute Gasteiger partial charge is 0.0719 e. The van der Waals surface area contributed by atoms with Gasteiger partial charge in [0.2, 0.25) is 0 Å². The van der Waals surface area contributed by atoms with Crippen LogP contribution in [0.5, 0.6) is 0 Å². The minimum Gasteiger partial charge on any atom is -0.309 e. The Bertz CT molecular complexity index is 3850. The van der Waals surface area contributed by atoms with E-state index >= 15 is 0 Å². The van der Waals surface area contributed by atoms with E-state index in [4.69, 9.17) is 0 Å². The normalized spacial score (nSPS) is 13.9. The Kier molecular flexibility index (Phi) is 9.05. The van der Waals surface area contributed by atoms with Gasteiger partial charge in [-0.3, -0.25) is 0 Å². The van der Waals surface area contributed by atoms with Crippen molar-refractivity contribution in [3.63, 3.8) is 0 Å². The van der Waals surface area contributed by atoms with Crippen LogP contribution < -0.4 is 9.80 Å². The predicted octanol–water partition coefficient (Wildman–Crippen LogP) is 19.0. The maximum absolute atomic E-state index is 2.52. The predicted molar refractivity (Wildman–Crippen MR) is 300 cm³/mol. The number of benzene rings is 10. The number of hydrogen-bond donors (Lipinski definition) is 0. The van der Waals surface area contributed by atoms with Crippen molar-refractivity contribution in [3.05, 3.63) is 263 Å². The molecule has 4 heteroatoms. The van der Waals surface area contributed by atoms with E-state index in [0.717, 1.165) is 11.4 Å². The summed E-state index contributed by atoms with van der Waals surface area (Å²) in [6.45, 7) is 9.30. The molecular formula is C66H48N2S2. The number of nitrogens with zero attached hydrogens (tertiary/aromatic N) is 2. The van der Waals surface area contributed by atoms with E-state index in [1.165, 1.54) is 119 Å². The fourth-order valence-corrected chi connectivity index (χ4v) is 14.8. The standard InChI is InChI=1S/C66H48N2S2/c1-41-19-5-13-29-57(41)67(59-31-17-23-47-45-21-7-15-33-61(45)69-63(47)59)43-35-37-51-49(39-43)50-40-44(36-38-52(50)66(51)55-27-11-9-25-53(55)65(3,4)54-26-10-12-28-56(54)66)68(58-30-14-6-20-42(58)2)60-32-18-24-48-46-22-8-16-34-62(46)70-64(48)60/h5-40H,1-4H3. The van der Waals surface area contributed by atoms with Crippen LogP contribution >= 0.6 is 22.7 Å². The quantitative estimate of drug-likeness (QED) is 0.164. The largest absolute Gasteiger partial charge is 0.309 e. The van der Waals surface area contributed by atoms with Crippen molar-refractivity contribution in [1.82, 2.24) is 0 Å². The van der Waals surface area contributed by atoms with Gasteiger partial charge in [-0.05, 0) is 130 Å². The summed E-state index contributed by atoms with van der Waals surface area (Å²) in [6, 6.07) is 82.4. The number of aryl methyl sites for hydroxylation is 2. The molecule has 2 heterocycles. The van der Waals surface area contributed by atoms with Crippen LogP contribution in [0.1, 0.15) is 58.4 Å². The van der Waals surface area contributed by atoms with E-state index < -0.39 is 5.41 Å². The summed E-state index contributed by atoms with van der Waals surface area (Å²) < 4.78 is 5.17. The van der Waals surface area contributed by atoms with Gasteiger partial charge < -0.3 is 9.80 Å². The second-order valence-electron chi connectivity index (χ2n) is 19.7. The molecule has 70 heavy (non-hydrogen) atoms. The van der Waals surface area contributed by atoms with Crippen molar-refractivity contribution in [3.8, 4) is 11.1 Å². The Balaban J connectivity index is 1.08. The van der Waals surface area contributed by atoms with Gasteiger partial charge in [0, 0.05) is 59.1 Å². The van der Waals surface area contributed by atoms with Gasteiger partial charge in [-0.15, -0.1) is 22.7 Å². The van der Waals surface area contributed by atoms with Gasteiger partial charge >= 0.3 is 0 Å². The van der Waals surface area contributed by atoms with Crippen LogP contribution in [-0.2, 0) is 10.8 Å². The van der Waals surface area contributed by atoms with E-state index in [9.17, 15) is 0 Å². The Morgan fingerprint density at radius 2 is 0.700 bits per heavy atom. The molecule has 334 valence electrons. The molecule has 1 spiro atoms. The molecule has 2 nitrogen and oxygen atoms in total. The van der Waals surface area contributed by atoms with Gasteiger partial charge in [-0.2, -0.15) is 0 Å². The third-order valence-corrected chi connectivity index (χ3v) is 18.0. The van der Waals surface area contributed by atoms with Gasteiger partial charge in [0.05, 0.1) is 26.2 Å². The van der Waals surface area contributed by atoms with E-state index in [1.54, 1.807) is 0 Å². The van der Waals surface area contributed by atoms with Crippen LogP contribution in [0, 0.1) is 13.8 Å². The molecule has 0 unspecified atom stereocenters.